The summed E-state index contributed by atoms with van der Waals surface area (Å²) >= 11 is 0. The van der Waals surface area contributed by atoms with Crippen molar-refractivity contribution in [2.24, 2.45) is 0 Å². The summed E-state index contributed by atoms with van der Waals surface area (Å²) in [6.07, 6.45) is 1.48. The highest BCUT2D eigenvalue weighted by Crippen LogP contribution is 2.34. The number of ether oxygens (including phenoxy) is 2. The van der Waals surface area contributed by atoms with Crippen LogP contribution in [0, 0.1) is 12.7 Å². The lowest BCUT2D eigenvalue weighted by Crippen LogP contribution is -2.42. The summed E-state index contributed by atoms with van der Waals surface area (Å²) in [7, 11) is 2.07. The summed E-state index contributed by atoms with van der Waals surface area (Å²) in [6, 6.07) is 14.2. The molecule has 1 atom stereocenters. The molecule has 0 aliphatic carbocycles. The number of likely N-dealkylation sites (N-methyl/N-ethyl adjacent to an activating group) is 1. The molecule has 0 bridgehead atoms. The monoisotopic (exact) mass is 474 g/mol. The first-order valence-corrected chi connectivity index (χ1v) is 11.6. The fourth-order valence-corrected chi connectivity index (χ4v) is 4.04. The maximum atomic E-state index is 13.6. The molecular weight excluding hydrogens is 447 g/mol. The third-order valence-corrected chi connectivity index (χ3v) is 5.94. The molecule has 0 spiro atoms. The maximum Gasteiger partial charge on any atom is 0.146 e. The summed E-state index contributed by atoms with van der Waals surface area (Å²) in [4.78, 5) is 11.2. The Balaban J connectivity index is 1.49. The normalized spacial score (nSPS) is 16.4. The molecule has 0 saturated carbocycles. The van der Waals surface area contributed by atoms with Gasteiger partial charge in [-0.3, -0.25) is 0 Å². The fraction of sp³-hybridized carbons (Fsp3) is 0.308. The molecule has 1 aliphatic heterocycles. The standard InChI is InChI=1S/C26H27FN6O2/c1-17-3-8-21(32-31-17)13-28-26-23-11-19(18-4-6-20(27)7-5-18)12-24(25(23)29-16-30-26)35-15-22-14-33(2)9-10-34-22/h3-8,11-12,16,22H,9-10,13-15H2,1-2H3,(H,28,29,30). The van der Waals surface area contributed by atoms with Crippen LogP contribution in [0.4, 0.5) is 10.2 Å². The second-order valence-electron chi connectivity index (χ2n) is 8.69. The smallest absolute Gasteiger partial charge is 0.146 e. The molecule has 0 amide bonds. The largest absolute Gasteiger partial charge is 0.489 e. The molecule has 3 heterocycles. The number of nitrogens with one attached hydrogen (secondary N) is 1. The zero-order valence-electron chi connectivity index (χ0n) is 19.7. The van der Waals surface area contributed by atoms with E-state index in [9.17, 15) is 4.39 Å². The van der Waals surface area contributed by atoms with Gasteiger partial charge in [0.25, 0.3) is 0 Å². The van der Waals surface area contributed by atoms with Gasteiger partial charge in [-0.2, -0.15) is 10.2 Å². The highest BCUT2D eigenvalue weighted by molar-refractivity contribution is 5.96. The van der Waals surface area contributed by atoms with E-state index >= 15 is 0 Å². The van der Waals surface area contributed by atoms with Gasteiger partial charge in [-0.15, -0.1) is 0 Å². The van der Waals surface area contributed by atoms with Crippen LogP contribution in [-0.2, 0) is 11.3 Å². The van der Waals surface area contributed by atoms with Crippen molar-refractivity contribution in [1.82, 2.24) is 25.1 Å². The number of aryl methyl sites for hydroxylation is 1. The van der Waals surface area contributed by atoms with Crippen molar-refractivity contribution in [2.45, 2.75) is 19.6 Å². The van der Waals surface area contributed by atoms with Crippen LogP contribution in [0.3, 0.4) is 0 Å². The van der Waals surface area contributed by atoms with Crippen molar-refractivity contribution in [3.8, 4) is 16.9 Å². The zero-order chi connectivity index (χ0) is 24.2. The Kier molecular flexibility index (Phi) is 6.78. The van der Waals surface area contributed by atoms with Gasteiger partial charge in [-0.1, -0.05) is 12.1 Å². The van der Waals surface area contributed by atoms with Crippen LogP contribution in [0.25, 0.3) is 22.0 Å². The number of fused-ring (bicyclic) bond motifs is 1. The lowest BCUT2D eigenvalue weighted by molar-refractivity contribution is -0.0401. The predicted molar refractivity (Wildman–Crippen MR) is 132 cm³/mol. The predicted octanol–water partition coefficient (Wildman–Crippen LogP) is 3.86. The van der Waals surface area contributed by atoms with Gasteiger partial charge in [-0.25, -0.2) is 14.4 Å². The summed E-state index contributed by atoms with van der Waals surface area (Å²) in [5, 5.41) is 12.5. The van der Waals surface area contributed by atoms with Crippen molar-refractivity contribution in [3.63, 3.8) is 0 Å². The van der Waals surface area contributed by atoms with E-state index in [4.69, 9.17) is 9.47 Å². The van der Waals surface area contributed by atoms with Gasteiger partial charge < -0.3 is 19.7 Å². The van der Waals surface area contributed by atoms with Crippen LogP contribution in [-0.4, -0.2) is 64.5 Å². The lowest BCUT2D eigenvalue weighted by Gasteiger charge is -2.30. The summed E-state index contributed by atoms with van der Waals surface area (Å²) in [6.45, 7) is 5.15. The number of aromatic nitrogens is 4. The molecule has 1 aliphatic rings. The van der Waals surface area contributed by atoms with E-state index in [-0.39, 0.29) is 11.9 Å². The molecule has 1 unspecified atom stereocenters. The average Bonchev–Trinajstić information content (AvgIpc) is 2.87. The minimum atomic E-state index is -0.283. The molecule has 5 rings (SSSR count). The van der Waals surface area contributed by atoms with Crippen molar-refractivity contribution in [1.29, 1.82) is 0 Å². The Bertz CT molecular complexity index is 1300. The van der Waals surface area contributed by atoms with Crippen LogP contribution in [0.15, 0.2) is 54.9 Å². The van der Waals surface area contributed by atoms with Gasteiger partial charge in [0.05, 0.1) is 24.5 Å². The fourth-order valence-electron chi connectivity index (χ4n) is 4.04. The summed E-state index contributed by atoms with van der Waals surface area (Å²) in [5.41, 5.74) is 4.09. The van der Waals surface area contributed by atoms with Crippen LogP contribution in [0.2, 0.25) is 0 Å². The van der Waals surface area contributed by atoms with Crippen LogP contribution >= 0.6 is 0 Å². The molecule has 180 valence electrons. The third-order valence-electron chi connectivity index (χ3n) is 5.94. The second-order valence-corrected chi connectivity index (χ2v) is 8.69. The number of rotatable bonds is 7. The van der Waals surface area contributed by atoms with Gasteiger partial charge in [0, 0.05) is 18.5 Å². The van der Waals surface area contributed by atoms with E-state index in [2.05, 4.69) is 37.4 Å². The molecule has 0 radical (unpaired) electrons. The Labute approximate surface area is 203 Å². The minimum absolute atomic E-state index is 0.0298. The highest BCUT2D eigenvalue weighted by Gasteiger charge is 2.20. The molecule has 8 nitrogen and oxygen atoms in total. The molecule has 2 aromatic carbocycles. The van der Waals surface area contributed by atoms with Crippen molar-refractivity contribution in [3.05, 3.63) is 72.1 Å². The van der Waals surface area contributed by atoms with Gasteiger partial charge in [0.15, 0.2) is 0 Å². The van der Waals surface area contributed by atoms with E-state index in [1.165, 1.54) is 18.5 Å². The first kappa shape index (κ1) is 23.1. The minimum Gasteiger partial charge on any atom is -0.489 e. The third kappa shape index (κ3) is 5.52. The molecule has 1 N–H and O–H groups in total. The number of hydrogen-bond acceptors (Lipinski definition) is 8. The number of halogens is 1. The number of nitrogens with zero attached hydrogens (tertiary/aromatic N) is 5. The topological polar surface area (TPSA) is 85.3 Å². The van der Waals surface area contributed by atoms with E-state index in [1.54, 1.807) is 12.1 Å². The van der Waals surface area contributed by atoms with E-state index in [0.29, 0.717) is 36.8 Å². The highest BCUT2D eigenvalue weighted by atomic mass is 19.1. The first-order chi connectivity index (χ1) is 17.0. The number of hydrogen-bond donors (Lipinski definition) is 1. The van der Waals surface area contributed by atoms with Crippen molar-refractivity contribution >= 4 is 16.7 Å². The molecule has 1 saturated heterocycles. The SMILES string of the molecule is Cc1ccc(CNc2ncnc3c(OCC4CN(C)CCO4)cc(-c4ccc(F)cc4)cc23)nn1. The Morgan fingerprint density at radius 1 is 1.09 bits per heavy atom. The zero-order valence-corrected chi connectivity index (χ0v) is 19.7. The van der Waals surface area contributed by atoms with Crippen molar-refractivity contribution < 1.29 is 13.9 Å². The van der Waals surface area contributed by atoms with Gasteiger partial charge in [0.2, 0.25) is 0 Å². The number of morpholine rings is 1. The first-order valence-electron chi connectivity index (χ1n) is 11.6. The lowest BCUT2D eigenvalue weighted by atomic mass is 10.0. The Morgan fingerprint density at radius 3 is 2.71 bits per heavy atom. The molecule has 2 aromatic heterocycles. The van der Waals surface area contributed by atoms with Crippen LogP contribution in [0.1, 0.15) is 11.4 Å². The molecule has 9 heteroatoms. The molecule has 35 heavy (non-hydrogen) atoms. The maximum absolute atomic E-state index is 13.6. The molecular formula is C26H27FN6O2. The summed E-state index contributed by atoms with van der Waals surface area (Å²) < 4.78 is 25.7. The van der Waals surface area contributed by atoms with E-state index in [1.807, 2.05) is 31.2 Å². The van der Waals surface area contributed by atoms with Crippen molar-refractivity contribution in [2.75, 3.05) is 38.7 Å². The van der Waals surface area contributed by atoms with Gasteiger partial charge >= 0.3 is 0 Å². The van der Waals surface area contributed by atoms with Gasteiger partial charge in [-0.05, 0) is 61.5 Å². The quantitative estimate of drug-likeness (QED) is 0.432. The second kappa shape index (κ2) is 10.3. The summed E-state index contributed by atoms with van der Waals surface area (Å²) in [5.74, 6) is 0.994. The van der Waals surface area contributed by atoms with E-state index < -0.39 is 0 Å². The Morgan fingerprint density at radius 2 is 1.94 bits per heavy atom. The van der Waals surface area contributed by atoms with Crippen LogP contribution in [0.5, 0.6) is 5.75 Å². The molecule has 1 fully saturated rings. The average molecular weight is 475 g/mol. The van der Waals surface area contributed by atoms with E-state index in [0.717, 1.165) is 41.0 Å². The molecule has 4 aromatic rings. The Hall–Kier alpha value is -3.69. The number of anilines is 1. The number of benzene rings is 2. The van der Waals surface area contributed by atoms with Crippen LogP contribution < -0.4 is 10.1 Å². The van der Waals surface area contributed by atoms with Gasteiger partial charge in [0.1, 0.15) is 41.9 Å².